The molecule has 0 amide bonds. The topological polar surface area (TPSA) is 37.3 Å². The number of aliphatic hydroxyl groups excluding tert-OH is 1. The Kier molecular flexibility index (Phi) is 8.04. The summed E-state index contributed by atoms with van der Waals surface area (Å²) < 4.78 is 0. The van der Waals surface area contributed by atoms with Gasteiger partial charge in [-0.15, -0.1) is 0 Å². The summed E-state index contributed by atoms with van der Waals surface area (Å²) in [4.78, 5) is 12.0. The summed E-state index contributed by atoms with van der Waals surface area (Å²) in [6.07, 6.45) is 13.4. The van der Waals surface area contributed by atoms with Gasteiger partial charge in [-0.1, -0.05) is 64.5 Å². The van der Waals surface area contributed by atoms with Gasteiger partial charge in [0, 0.05) is 18.3 Å². The van der Waals surface area contributed by atoms with Gasteiger partial charge in [0.1, 0.15) is 5.78 Å². The highest BCUT2D eigenvalue weighted by Gasteiger charge is 2.39. The van der Waals surface area contributed by atoms with Gasteiger partial charge < -0.3 is 5.11 Å². The number of aliphatic hydroxyl groups is 1. The van der Waals surface area contributed by atoms with Crippen LogP contribution in [0.5, 0.6) is 0 Å². The molecule has 0 saturated heterocycles. The molecule has 0 aromatic rings. The summed E-state index contributed by atoms with van der Waals surface area (Å²) in [6, 6.07) is 0. The molecule has 0 spiro atoms. The molecule has 1 aliphatic carbocycles. The van der Waals surface area contributed by atoms with E-state index in [1.54, 1.807) is 0 Å². The Hall–Kier alpha value is -0.630. The van der Waals surface area contributed by atoms with Crippen molar-refractivity contribution in [2.45, 2.75) is 77.7 Å². The molecule has 19 heavy (non-hydrogen) atoms. The third kappa shape index (κ3) is 5.48. The van der Waals surface area contributed by atoms with Gasteiger partial charge >= 0.3 is 0 Å². The van der Waals surface area contributed by atoms with Gasteiger partial charge in [0.2, 0.25) is 0 Å². The average molecular weight is 266 g/mol. The second-order valence-electron chi connectivity index (χ2n) is 5.84. The number of allylic oxidation sites excluding steroid dienone is 1. The van der Waals surface area contributed by atoms with Crippen molar-refractivity contribution in [1.29, 1.82) is 0 Å². The minimum absolute atomic E-state index is 0.0738. The summed E-state index contributed by atoms with van der Waals surface area (Å²) in [7, 11) is 0. The number of hydrogen-bond donors (Lipinski definition) is 1. The first kappa shape index (κ1) is 16.4. The van der Waals surface area contributed by atoms with Crippen LogP contribution in [0.3, 0.4) is 0 Å². The highest BCUT2D eigenvalue weighted by Crippen LogP contribution is 2.34. The van der Waals surface area contributed by atoms with Crippen molar-refractivity contribution in [2.24, 2.45) is 11.8 Å². The van der Waals surface area contributed by atoms with Gasteiger partial charge in [0.25, 0.3) is 0 Å². The quantitative estimate of drug-likeness (QED) is 0.500. The largest absolute Gasteiger partial charge is 0.392 e. The van der Waals surface area contributed by atoms with E-state index >= 15 is 0 Å². The lowest BCUT2D eigenvalue weighted by Crippen LogP contribution is -2.18. The van der Waals surface area contributed by atoms with Crippen LogP contribution in [0.15, 0.2) is 12.2 Å². The number of carbonyl (C=O) groups excluding carboxylic acids is 1. The lowest BCUT2D eigenvalue weighted by Gasteiger charge is -2.17. The van der Waals surface area contributed by atoms with Crippen LogP contribution in [0.4, 0.5) is 0 Å². The Labute approximate surface area is 118 Å². The zero-order valence-corrected chi connectivity index (χ0v) is 12.6. The fourth-order valence-corrected chi connectivity index (χ4v) is 2.98. The Morgan fingerprint density at radius 1 is 1.16 bits per heavy atom. The van der Waals surface area contributed by atoms with Crippen LogP contribution in [0.25, 0.3) is 0 Å². The van der Waals surface area contributed by atoms with E-state index in [1.165, 1.54) is 25.7 Å². The van der Waals surface area contributed by atoms with E-state index in [0.717, 1.165) is 25.7 Å². The summed E-state index contributed by atoms with van der Waals surface area (Å²) in [5, 5.41) is 10.00. The normalized spacial score (nSPS) is 27.5. The third-order valence-electron chi connectivity index (χ3n) is 4.17. The summed E-state index contributed by atoms with van der Waals surface area (Å²) in [5.41, 5.74) is 0. The SMILES string of the molecule is CCC/C=C/C1C(O)CC(=O)C1CCCCCCC. The van der Waals surface area contributed by atoms with Crippen molar-refractivity contribution in [2.75, 3.05) is 0 Å². The number of Topliss-reactive ketones (excluding diaryl/α,β-unsaturated/α-hetero) is 1. The Bertz CT molecular complexity index is 283. The van der Waals surface area contributed by atoms with Crippen LogP contribution >= 0.6 is 0 Å². The molecule has 110 valence electrons. The van der Waals surface area contributed by atoms with E-state index in [9.17, 15) is 9.90 Å². The molecule has 0 radical (unpaired) electrons. The van der Waals surface area contributed by atoms with Crippen LogP contribution in [-0.2, 0) is 4.79 Å². The van der Waals surface area contributed by atoms with Crippen LogP contribution < -0.4 is 0 Å². The first-order chi connectivity index (χ1) is 9.20. The van der Waals surface area contributed by atoms with Crippen LogP contribution in [0.2, 0.25) is 0 Å². The summed E-state index contributed by atoms with van der Waals surface area (Å²) in [6.45, 7) is 4.36. The van der Waals surface area contributed by atoms with Gasteiger partial charge in [0.15, 0.2) is 0 Å². The predicted molar refractivity (Wildman–Crippen MR) is 80.0 cm³/mol. The molecule has 1 aliphatic rings. The molecule has 0 heterocycles. The van der Waals surface area contributed by atoms with Crippen molar-refractivity contribution in [3.05, 3.63) is 12.2 Å². The molecule has 3 unspecified atom stereocenters. The fourth-order valence-electron chi connectivity index (χ4n) is 2.98. The van der Waals surface area contributed by atoms with E-state index < -0.39 is 6.10 Å². The summed E-state index contributed by atoms with van der Waals surface area (Å²) in [5.74, 6) is 0.420. The molecule has 0 aromatic heterocycles. The zero-order chi connectivity index (χ0) is 14.1. The monoisotopic (exact) mass is 266 g/mol. The van der Waals surface area contributed by atoms with Gasteiger partial charge in [-0.25, -0.2) is 0 Å². The van der Waals surface area contributed by atoms with E-state index in [1.807, 2.05) is 0 Å². The van der Waals surface area contributed by atoms with E-state index in [2.05, 4.69) is 26.0 Å². The molecular formula is C17H30O2. The average Bonchev–Trinajstić information content (AvgIpc) is 2.65. The number of ketones is 1. The first-order valence-electron chi connectivity index (χ1n) is 8.08. The number of carbonyl (C=O) groups is 1. The maximum Gasteiger partial charge on any atom is 0.139 e. The van der Waals surface area contributed by atoms with Gasteiger partial charge in [-0.05, 0) is 12.8 Å². The molecule has 1 N–H and O–H groups in total. The molecular weight excluding hydrogens is 236 g/mol. The standard InChI is InChI=1S/C17H30O2/c1-3-5-7-8-10-12-15-14(11-9-6-4-2)16(18)13-17(15)19/h9,11,14-16,18H,3-8,10,12-13H2,1-2H3/b11-9+. The smallest absolute Gasteiger partial charge is 0.139 e. The summed E-state index contributed by atoms with van der Waals surface area (Å²) >= 11 is 0. The van der Waals surface area contributed by atoms with Gasteiger partial charge in [0.05, 0.1) is 6.10 Å². The zero-order valence-electron chi connectivity index (χ0n) is 12.6. The molecule has 0 aliphatic heterocycles. The number of unbranched alkanes of at least 4 members (excludes halogenated alkanes) is 5. The van der Waals surface area contributed by atoms with Gasteiger partial charge in [-0.3, -0.25) is 4.79 Å². The second kappa shape index (κ2) is 9.30. The number of hydrogen-bond acceptors (Lipinski definition) is 2. The Morgan fingerprint density at radius 3 is 2.58 bits per heavy atom. The molecule has 0 bridgehead atoms. The minimum atomic E-state index is -0.443. The van der Waals surface area contributed by atoms with Crippen LogP contribution in [0, 0.1) is 11.8 Å². The molecule has 1 fully saturated rings. The fraction of sp³-hybridized carbons (Fsp3) is 0.824. The van der Waals surface area contributed by atoms with Crippen molar-refractivity contribution >= 4 is 5.78 Å². The molecule has 1 saturated carbocycles. The maximum atomic E-state index is 12.0. The van der Waals surface area contributed by atoms with Crippen LogP contribution in [-0.4, -0.2) is 17.0 Å². The minimum Gasteiger partial charge on any atom is -0.392 e. The maximum absolute atomic E-state index is 12.0. The van der Waals surface area contributed by atoms with E-state index in [4.69, 9.17) is 0 Å². The van der Waals surface area contributed by atoms with Gasteiger partial charge in [-0.2, -0.15) is 0 Å². The Morgan fingerprint density at radius 2 is 1.89 bits per heavy atom. The van der Waals surface area contributed by atoms with Crippen molar-refractivity contribution < 1.29 is 9.90 Å². The Balaban J connectivity index is 2.40. The third-order valence-corrected chi connectivity index (χ3v) is 4.17. The van der Waals surface area contributed by atoms with Crippen molar-refractivity contribution in [3.8, 4) is 0 Å². The highest BCUT2D eigenvalue weighted by atomic mass is 16.3. The molecule has 3 atom stereocenters. The van der Waals surface area contributed by atoms with Crippen molar-refractivity contribution in [3.63, 3.8) is 0 Å². The van der Waals surface area contributed by atoms with Crippen LogP contribution in [0.1, 0.15) is 71.6 Å². The predicted octanol–water partition coefficient (Wildman–Crippen LogP) is 4.27. The van der Waals surface area contributed by atoms with E-state index in [-0.39, 0.29) is 17.6 Å². The highest BCUT2D eigenvalue weighted by molar-refractivity contribution is 5.84. The number of rotatable bonds is 9. The molecule has 2 heteroatoms. The van der Waals surface area contributed by atoms with E-state index in [0.29, 0.717) is 6.42 Å². The first-order valence-corrected chi connectivity index (χ1v) is 8.08. The molecule has 2 nitrogen and oxygen atoms in total. The second-order valence-corrected chi connectivity index (χ2v) is 5.84. The lowest BCUT2D eigenvalue weighted by molar-refractivity contribution is -0.121. The molecule has 1 rings (SSSR count). The molecule has 0 aromatic carbocycles. The van der Waals surface area contributed by atoms with Crippen molar-refractivity contribution in [1.82, 2.24) is 0 Å². The lowest BCUT2D eigenvalue weighted by atomic mass is 9.88.